The summed E-state index contributed by atoms with van der Waals surface area (Å²) in [6.45, 7) is 8.44. The predicted molar refractivity (Wildman–Crippen MR) is 117 cm³/mol. The van der Waals surface area contributed by atoms with Crippen molar-refractivity contribution in [2.45, 2.75) is 64.7 Å². The number of fused-ring (bicyclic) bond motifs is 1. The van der Waals surface area contributed by atoms with Gasteiger partial charge in [0.15, 0.2) is 11.3 Å². The van der Waals surface area contributed by atoms with E-state index in [0.29, 0.717) is 31.2 Å². The van der Waals surface area contributed by atoms with Gasteiger partial charge >= 0.3 is 12.1 Å². The highest BCUT2D eigenvalue weighted by Crippen LogP contribution is 2.26. The van der Waals surface area contributed by atoms with Crippen molar-refractivity contribution in [3.63, 3.8) is 0 Å². The van der Waals surface area contributed by atoms with Crippen molar-refractivity contribution < 1.29 is 23.8 Å². The van der Waals surface area contributed by atoms with Crippen molar-refractivity contribution in [2.75, 3.05) is 26.8 Å². The van der Waals surface area contributed by atoms with E-state index in [1.165, 1.54) is 7.11 Å². The molecule has 0 radical (unpaired) electrons. The summed E-state index contributed by atoms with van der Waals surface area (Å²) in [5, 5.41) is 0. The molecule has 2 saturated heterocycles. The van der Waals surface area contributed by atoms with E-state index in [0.717, 1.165) is 43.6 Å². The van der Waals surface area contributed by atoms with Gasteiger partial charge in [0.05, 0.1) is 19.8 Å². The van der Waals surface area contributed by atoms with Gasteiger partial charge < -0.3 is 23.7 Å². The Bertz CT molecular complexity index is 984. The SMILES string of the molecule is COC(=O)c1ccc2nc(CC3CCN(C(=O)OC(C)(C)C)CC3)n(C[C@@H]3CCO3)c2n1. The fraction of sp³-hybridized carbons (Fsp3) is 0.652. The van der Waals surface area contributed by atoms with Gasteiger partial charge in [-0.15, -0.1) is 0 Å². The summed E-state index contributed by atoms with van der Waals surface area (Å²) in [4.78, 5) is 35.5. The van der Waals surface area contributed by atoms with Crippen LogP contribution in [-0.4, -0.2) is 70.0 Å². The van der Waals surface area contributed by atoms with Crippen molar-refractivity contribution in [2.24, 2.45) is 5.92 Å². The van der Waals surface area contributed by atoms with Crippen LogP contribution < -0.4 is 0 Å². The molecule has 1 amide bonds. The average Bonchev–Trinajstić information content (AvgIpc) is 3.05. The van der Waals surface area contributed by atoms with Gasteiger partial charge in [-0.25, -0.2) is 19.6 Å². The number of hydrogen-bond acceptors (Lipinski definition) is 7. The number of rotatable bonds is 5. The van der Waals surface area contributed by atoms with Gasteiger partial charge in [0.1, 0.15) is 16.9 Å². The van der Waals surface area contributed by atoms with E-state index in [-0.39, 0.29) is 17.9 Å². The van der Waals surface area contributed by atoms with Gasteiger partial charge in [-0.05, 0) is 58.1 Å². The first-order chi connectivity index (χ1) is 15.2. The van der Waals surface area contributed by atoms with E-state index < -0.39 is 11.6 Å². The second-order valence-electron chi connectivity index (χ2n) is 9.57. The number of pyridine rings is 1. The number of likely N-dealkylation sites (tertiary alicyclic amines) is 1. The van der Waals surface area contributed by atoms with E-state index in [2.05, 4.69) is 9.55 Å². The van der Waals surface area contributed by atoms with E-state index >= 15 is 0 Å². The molecule has 2 fully saturated rings. The summed E-state index contributed by atoms with van der Waals surface area (Å²) < 4.78 is 18.1. The lowest BCUT2D eigenvalue weighted by molar-refractivity contribution is -0.0591. The van der Waals surface area contributed by atoms with Gasteiger partial charge in [0, 0.05) is 26.1 Å². The first-order valence-corrected chi connectivity index (χ1v) is 11.3. The van der Waals surface area contributed by atoms with Crippen LogP contribution in [0.5, 0.6) is 0 Å². The molecule has 0 aromatic carbocycles. The fourth-order valence-corrected chi connectivity index (χ4v) is 4.15. The third-order valence-electron chi connectivity index (χ3n) is 5.98. The molecule has 2 aliphatic rings. The Morgan fingerprint density at radius 1 is 1.16 bits per heavy atom. The van der Waals surface area contributed by atoms with Crippen molar-refractivity contribution in [3.8, 4) is 0 Å². The van der Waals surface area contributed by atoms with Crippen LogP contribution in [0.15, 0.2) is 12.1 Å². The lowest BCUT2D eigenvalue weighted by atomic mass is 9.93. The van der Waals surface area contributed by atoms with Crippen LogP contribution in [0.4, 0.5) is 4.79 Å². The number of methoxy groups -OCH3 is 1. The third kappa shape index (κ3) is 5.03. The molecule has 0 saturated carbocycles. The van der Waals surface area contributed by atoms with Crippen LogP contribution in [0.2, 0.25) is 0 Å². The minimum atomic E-state index is -0.488. The summed E-state index contributed by atoms with van der Waals surface area (Å²) in [6, 6.07) is 3.47. The maximum absolute atomic E-state index is 12.4. The zero-order valence-electron chi connectivity index (χ0n) is 19.3. The van der Waals surface area contributed by atoms with Gasteiger partial charge in [-0.1, -0.05) is 0 Å². The first kappa shape index (κ1) is 22.5. The Labute approximate surface area is 188 Å². The monoisotopic (exact) mass is 444 g/mol. The Morgan fingerprint density at radius 3 is 2.47 bits per heavy atom. The molecule has 0 aliphatic carbocycles. The van der Waals surface area contributed by atoms with Crippen LogP contribution in [0.25, 0.3) is 11.2 Å². The average molecular weight is 445 g/mol. The molecule has 1 atom stereocenters. The highest BCUT2D eigenvalue weighted by molar-refractivity contribution is 5.89. The lowest BCUT2D eigenvalue weighted by Gasteiger charge is -2.33. The number of imidazole rings is 1. The molecule has 0 spiro atoms. The van der Waals surface area contributed by atoms with Gasteiger partial charge in [-0.3, -0.25) is 0 Å². The minimum absolute atomic E-state index is 0.142. The van der Waals surface area contributed by atoms with E-state index in [9.17, 15) is 9.59 Å². The molecule has 2 aromatic rings. The van der Waals surface area contributed by atoms with Crippen LogP contribution >= 0.6 is 0 Å². The number of nitrogens with zero attached hydrogens (tertiary/aromatic N) is 4. The van der Waals surface area contributed by atoms with Gasteiger partial charge in [0.2, 0.25) is 0 Å². The fourth-order valence-electron chi connectivity index (χ4n) is 4.15. The number of carbonyl (C=O) groups excluding carboxylic acids is 2. The normalized spacial score (nSPS) is 19.6. The number of ether oxygens (including phenoxy) is 3. The maximum Gasteiger partial charge on any atom is 0.410 e. The van der Waals surface area contributed by atoms with Crippen LogP contribution in [0.1, 0.15) is 56.3 Å². The van der Waals surface area contributed by atoms with Crippen LogP contribution in [-0.2, 0) is 27.2 Å². The number of amides is 1. The Hall–Kier alpha value is -2.68. The molecule has 0 unspecified atom stereocenters. The number of hydrogen-bond donors (Lipinski definition) is 0. The molecule has 0 bridgehead atoms. The molecule has 0 N–H and O–H groups in total. The zero-order valence-corrected chi connectivity index (χ0v) is 19.3. The molecule has 9 heteroatoms. The quantitative estimate of drug-likeness (QED) is 0.654. The molecule has 4 heterocycles. The lowest BCUT2D eigenvalue weighted by Crippen LogP contribution is -2.42. The molecule has 9 nitrogen and oxygen atoms in total. The van der Waals surface area contributed by atoms with E-state index in [1.54, 1.807) is 11.0 Å². The Morgan fingerprint density at radius 2 is 1.88 bits per heavy atom. The van der Waals surface area contributed by atoms with Crippen molar-refractivity contribution in [3.05, 3.63) is 23.7 Å². The second kappa shape index (κ2) is 9.05. The Kier molecular flexibility index (Phi) is 6.37. The van der Waals surface area contributed by atoms with Crippen LogP contribution in [0.3, 0.4) is 0 Å². The summed E-state index contributed by atoms with van der Waals surface area (Å²) in [5.41, 5.74) is 1.23. The highest BCUT2D eigenvalue weighted by Gasteiger charge is 2.29. The number of esters is 1. The number of aromatic nitrogens is 3. The number of carbonyl (C=O) groups is 2. The Balaban J connectivity index is 1.49. The highest BCUT2D eigenvalue weighted by atomic mass is 16.6. The molecular weight excluding hydrogens is 412 g/mol. The minimum Gasteiger partial charge on any atom is -0.464 e. The topological polar surface area (TPSA) is 95.8 Å². The molecule has 2 aliphatic heterocycles. The smallest absolute Gasteiger partial charge is 0.410 e. The van der Waals surface area contributed by atoms with Crippen molar-refractivity contribution >= 4 is 23.2 Å². The molecule has 174 valence electrons. The predicted octanol–water partition coefficient (Wildman–Crippen LogP) is 3.20. The van der Waals surface area contributed by atoms with Crippen LogP contribution in [0, 0.1) is 5.92 Å². The number of piperidine rings is 1. The summed E-state index contributed by atoms with van der Waals surface area (Å²) in [6.07, 6.45) is 3.48. The van der Waals surface area contributed by atoms with E-state index in [4.69, 9.17) is 19.2 Å². The second-order valence-corrected chi connectivity index (χ2v) is 9.57. The zero-order chi connectivity index (χ0) is 22.9. The third-order valence-corrected chi connectivity index (χ3v) is 5.98. The molecule has 4 rings (SSSR count). The van der Waals surface area contributed by atoms with Gasteiger partial charge in [0.25, 0.3) is 0 Å². The molecule has 2 aromatic heterocycles. The van der Waals surface area contributed by atoms with Crippen molar-refractivity contribution in [1.82, 2.24) is 19.4 Å². The molecule has 32 heavy (non-hydrogen) atoms. The van der Waals surface area contributed by atoms with Gasteiger partial charge in [-0.2, -0.15) is 0 Å². The van der Waals surface area contributed by atoms with E-state index in [1.807, 2.05) is 26.8 Å². The van der Waals surface area contributed by atoms with Crippen molar-refractivity contribution in [1.29, 1.82) is 0 Å². The standard InChI is InChI=1S/C23H32N4O5/c1-23(2,3)32-22(29)26-10-7-15(8-11-26)13-19-24-17-5-6-18(21(28)30-4)25-20(17)27(19)14-16-9-12-31-16/h5-6,15-16H,7-14H2,1-4H3/t16-/m0/s1. The molecular formula is C23H32N4O5. The summed E-state index contributed by atoms with van der Waals surface area (Å²) in [5.74, 6) is 0.892. The summed E-state index contributed by atoms with van der Waals surface area (Å²) >= 11 is 0. The summed E-state index contributed by atoms with van der Waals surface area (Å²) in [7, 11) is 1.35. The first-order valence-electron chi connectivity index (χ1n) is 11.3. The largest absolute Gasteiger partial charge is 0.464 e. The maximum atomic E-state index is 12.4.